The lowest BCUT2D eigenvalue weighted by molar-refractivity contribution is -0.147. The predicted octanol–water partition coefficient (Wildman–Crippen LogP) is 3.08. The molecule has 5 heteroatoms. The molecule has 0 atom stereocenters. The Morgan fingerprint density at radius 3 is 2.37 bits per heavy atom. The zero-order valence-corrected chi connectivity index (χ0v) is 13.1. The Balaban J connectivity index is 3.15. The summed E-state index contributed by atoms with van der Waals surface area (Å²) in [6.07, 6.45) is 0. The molecular formula is C14H18BrNO3. The van der Waals surface area contributed by atoms with E-state index in [4.69, 9.17) is 0 Å². The minimum atomic E-state index is -1.23. The Morgan fingerprint density at radius 1 is 1.37 bits per heavy atom. The number of nitrogens with zero attached hydrogens (tertiary/aromatic N) is 1. The minimum Gasteiger partial charge on any atom is -0.480 e. The molecule has 0 radical (unpaired) electrons. The van der Waals surface area contributed by atoms with Crippen LogP contribution in [-0.2, 0) is 4.79 Å². The molecular weight excluding hydrogens is 310 g/mol. The third-order valence-electron chi connectivity index (χ3n) is 3.18. The molecule has 1 rings (SSSR count). The van der Waals surface area contributed by atoms with Crippen molar-refractivity contribution in [3.05, 3.63) is 33.8 Å². The summed E-state index contributed by atoms with van der Waals surface area (Å²) >= 11 is 3.38. The first-order valence-electron chi connectivity index (χ1n) is 6.03. The van der Waals surface area contributed by atoms with E-state index in [1.807, 2.05) is 13.0 Å². The van der Waals surface area contributed by atoms with Crippen molar-refractivity contribution in [1.82, 2.24) is 4.90 Å². The van der Waals surface area contributed by atoms with Gasteiger partial charge in [-0.2, -0.15) is 0 Å². The summed E-state index contributed by atoms with van der Waals surface area (Å²) in [6, 6.07) is 5.26. The maximum Gasteiger partial charge on any atom is 0.329 e. The summed E-state index contributed by atoms with van der Waals surface area (Å²) in [5, 5.41) is 9.23. The number of aliphatic carboxylic acids is 1. The molecule has 0 bridgehead atoms. The molecule has 1 aromatic carbocycles. The average Bonchev–Trinajstić information content (AvgIpc) is 2.32. The number of carboxylic acid groups (broad SMARTS) is 1. The second kappa shape index (κ2) is 5.74. The van der Waals surface area contributed by atoms with Gasteiger partial charge in [0.15, 0.2) is 0 Å². The summed E-state index contributed by atoms with van der Waals surface area (Å²) in [5.74, 6) is -1.30. The summed E-state index contributed by atoms with van der Waals surface area (Å²) in [7, 11) is 0. The molecule has 0 heterocycles. The first-order valence-corrected chi connectivity index (χ1v) is 6.82. The molecule has 104 valence electrons. The van der Waals surface area contributed by atoms with Crippen LogP contribution in [0.3, 0.4) is 0 Å². The van der Waals surface area contributed by atoms with Crippen molar-refractivity contribution in [2.24, 2.45) is 0 Å². The molecule has 19 heavy (non-hydrogen) atoms. The number of rotatable bonds is 4. The van der Waals surface area contributed by atoms with Crippen molar-refractivity contribution in [3.8, 4) is 0 Å². The molecule has 0 aliphatic carbocycles. The normalized spacial score (nSPS) is 11.2. The highest BCUT2D eigenvalue weighted by Gasteiger charge is 2.37. The number of likely N-dealkylation sites (N-methyl/N-ethyl adjacent to an activating group) is 1. The lowest BCUT2D eigenvalue weighted by Crippen LogP contribution is -2.52. The number of hydrogen-bond donors (Lipinski definition) is 1. The van der Waals surface area contributed by atoms with Crippen molar-refractivity contribution < 1.29 is 14.7 Å². The lowest BCUT2D eigenvalue weighted by atomic mass is 10.0. The molecule has 4 nitrogen and oxygen atoms in total. The summed E-state index contributed by atoms with van der Waals surface area (Å²) in [4.78, 5) is 25.1. The van der Waals surface area contributed by atoms with E-state index >= 15 is 0 Å². The quantitative estimate of drug-likeness (QED) is 0.924. The summed E-state index contributed by atoms with van der Waals surface area (Å²) in [6.45, 7) is 7.09. The van der Waals surface area contributed by atoms with Crippen LogP contribution < -0.4 is 0 Å². The van der Waals surface area contributed by atoms with Gasteiger partial charge in [-0.15, -0.1) is 0 Å². The van der Waals surface area contributed by atoms with Gasteiger partial charge in [-0.05, 0) is 45.4 Å². The van der Waals surface area contributed by atoms with Gasteiger partial charge in [0.1, 0.15) is 5.54 Å². The molecule has 0 aromatic heterocycles. The molecule has 0 saturated heterocycles. The molecule has 0 spiro atoms. The van der Waals surface area contributed by atoms with E-state index in [0.717, 1.165) is 10.0 Å². The second-order valence-corrected chi connectivity index (χ2v) is 5.73. The fourth-order valence-corrected chi connectivity index (χ4v) is 2.17. The number of benzene rings is 1. The monoisotopic (exact) mass is 327 g/mol. The Labute approximate surface area is 121 Å². The SMILES string of the molecule is CCN(C(=O)c1ccc(C)c(Br)c1)C(C)(C)C(=O)O. The van der Waals surface area contributed by atoms with Gasteiger partial charge in [0.2, 0.25) is 0 Å². The van der Waals surface area contributed by atoms with Crippen molar-refractivity contribution in [1.29, 1.82) is 0 Å². The number of carbonyl (C=O) groups excluding carboxylic acids is 1. The second-order valence-electron chi connectivity index (χ2n) is 4.88. The molecule has 1 amide bonds. The van der Waals surface area contributed by atoms with Crippen LogP contribution in [0.1, 0.15) is 36.7 Å². The van der Waals surface area contributed by atoms with Crippen molar-refractivity contribution in [3.63, 3.8) is 0 Å². The highest BCUT2D eigenvalue weighted by Crippen LogP contribution is 2.22. The number of carbonyl (C=O) groups is 2. The van der Waals surface area contributed by atoms with E-state index in [-0.39, 0.29) is 5.91 Å². The summed E-state index contributed by atoms with van der Waals surface area (Å²) in [5.41, 5.74) is 0.272. The largest absolute Gasteiger partial charge is 0.480 e. The molecule has 0 aliphatic heterocycles. The van der Waals surface area contributed by atoms with Crippen LogP contribution in [-0.4, -0.2) is 34.0 Å². The zero-order valence-electron chi connectivity index (χ0n) is 11.5. The van der Waals surface area contributed by atoms with Crippen LogP contribution in [0.2, 0.25) is 0 Å². The smallest absolute Gasteiger partial charge is 0.329 e. The zero-order chi connectivity index (χ0) is 14.8. The fourth-order valence-electron chi connectivity index (χ4n) is 1.79. The molecule has 1 aromatic rings. The van der Waals surface area contributed by atoms with E-state index < -0.39 is 11.5 Å². The Hall–Kier alpha value is -1.36. The van der Waals surface area contributed by atoms with Gasteiger partial charge in [-0.25, -0.2) is 4.79 Å². The van der Waals surface area contributed by atoms with Gasteiger partial charge in [0.05, 0.1) is 0 Å². The third kappa shape index (κ3) is 3.15. The van der Waals surface area contributed by atoms with Crippen molar-refractivity contribution >= 4 is 27.8 Å². The van der Waals surface area contributed by atoms with Gasteiger partial charge in [-0.3, -0.25) is 4.79 Å². The number of amides is 1. The number of carboxylic acids is 1. The maximum atomic E-state index is 12.4. The van der Waals surface area contributed by atoms with E-state index in [2.05, 4.69) is 15.9 Å². The highest BCUT2D eigenvalue weighted by atomic mass is 79.9. The predicted molar refractivity (Wildman–Crippen MR) is 77.3 cm³/mol. The molecule has 0 unspecified atom stereocenters. The minimum absolute atomic E-state index is 0.282. The van der Waals surface area contributed by atoms with Gasteiger partial charge < -0.3 is 10.0 Å². The van der Waals surface area contributed by atoms with Crippen LogP contribution in [0.4, 0.5) is 0 Å². The lowest BCUT2D eigenvalue weighted by Gasteiger charge is -2.34. The van der Waals surface area contributed by atoms with Crippen molar-refractivity contribution in [2.75, 3.05) is 6.54 Å². The Kier molecular flexibility index (Phi) is 4.74. The Morgan fingerprint density at radius 2 is 1.95 bits per heavy atom. The van der Waals surface area contributed by atoms with Crippen LogP contribution >= 0.6 is 15.9 Å². The van der Waals surface area contributed by atoms with E-state index in [1.165, 1.54) is 18.7 Å². The van der Waals surface area contributed by atoms with Crippen molar-refractivity contribution in [2.45, 2.75) is 33.2 Å². The van der Waals surface area contributed by atoms with Crippen LogP contribution in [0.5, 0.6) is 0 Å². The van der Waals surface area contributed by atoms with Gasteiger partial charge >= 0.3 is 5.97 Å². The van der Waals surface area contributed by atoms with Gasteiger partial charge in [0.25, 0.3) is 5.91 Å². The topological polar surface area (TPSA) is 57.6 Å². The Bertz CT molecular complexity index is 511. The van der Waals surface area contributed by atoms with Crippen LogP contribution in [0, 0.1) is 6.92 Å². The molecule has 1 N–H and O–H groups in total. The van der Waals surface area contributed by atoms with E-state index in [0.29, 0.717) is 12.1 Å². The number of hydrogen-bond acceptors (Lipinski definition) is 2. The standard InChI is InChI=1S/C14H18BrNO3/c1-5-16(14(3,4)13(18)19)12(17)10-7-6-9(2)11(15)8-10/h6-8H,5H2,1-4H3,(H,18,19). The summed E-state index contributed by atoms with van der Waals surface area (Å²) < 4.78 is 0.836. The molecule has 0 aliphatic rings. The molecule has 0 fully saturated rings. The van der Waals surface area contributed by atoms with Crippen LogP contribution in [0.25, 0.3) is 0 Å². The van der Waals surface area contributed by atoms with E-state index in [9.17, 15) is 14.7 Å². The number of aryl methyl sites for hydroxylation is 1. The highest BCUT2D eigenvalue weighted by molar-refractivity contribution is 9.10. The van der Waals surface area contributed by atoms with E-state index in [1.54, 1.807) is 19.1 Å². The first kappa shape index (κ1) is 15.7. The molecule has 0 saturated carbocycles. The first-order chi connectivity index (χ1) is 8.71. The fraction of sp³-hybridized carbons (Fsp3) is 0.429. The van der Waals surface area contributed by atoms with Gasteiger partial charge in [0, 0.05) is 16.6 Å². The van der Waals surface area contributed by atoms with Crippen LogP contribution in [0.15, 0.2) is 22.7 Å². The maximum absolute atomic E-state index is 12.4. The van der Waals surface area contributed by atoms with Gasteiger partial charge in [-0.1, -0.05) is 22.0 Å². The third-order valence-corrected chi connectivity index (χ3v) is 4.03. The number of halogens is 1. The average molecular weight is 328 g/mol.